The summed E-state index contributed by atoms with van der Waals surface area (Å²) in [6.07, 6.45) is 4.73. The maximum Gasteiger partial charge on any atom is 0.227 e. The van der Waals surface area contributed by atoms with Crippen LogP contribution in [0.1, 0.15) is 18.4 Å². The molecule has 1 fully saturated rings. The van der Waals surface area contributed by atoms with Crippen molar-refractivity contribution in [2.24, 2.45) is 5.92 Å². The van der Waals surface area contributed by atoms with Crippen molar-refractivity contribution in [3.05, 3.63) is 30.1 Å². The largest absolute Gasteiger partial charge is 0.337 e. The Labute approximate surface area is 113 Å². The summed E-state index contributed by atoms with van der Waals surface area (Å²) in [5.41, 5.74) is 1.000. The normalized spacial score (nSPS) is 17.9. The number of aromatic nitrogens is 1. The third-order valence-electron chi connectivity index (χ3n) is 3.31. The van der Waals surface area contributed by atoms with E-state index in [-0.39, 0.29) is 11.8 Å². The molecule has 0 spiro atoms. The molecule has 1 amide bonds. The van der Waals surface area contributed by atoms with Gasteiger partial charge in [0.15, 0.2) is 0 Å². The molecule has 1 atom stereocenters. The quantitative estimate of drug-likeness (QED) is 0.853. The Hall–Kier alpha value is -1.93. The fraction of sp³-hybridized carbons (Fsp3) is 0.500. The lowest BCUT2D eigenvalue weighted by molar-refractivity contribution is -0.135. The van der Waals surface area contributed by atoms with Gasteiger partial charge in [0.1, 0.15) is 0 Å². The van der Waals surface area contributed by atoms with Gasteiger partial charge >= 0.3 is 0 Å². The van der Waals surface area contributed by atoms with Crippen molar-refractivity contribution in [2.75, 3.05) is 19.6 Å². The van der Waals surface area contributed by atoms with E-state index in [4.69, 9.17) is 5.26 Å². The number of pyridine rings is 1. The lowest BCUT2D eigenvalue weighted by Crippen LogP contribution is -2.37. The summed E-state index contributed by atoms with van der Waals surface area (Å²) >= 11 is 0. The Balaban J connectivity index is 2.02. The van der Waals surface area contributed by atoms with Crippen LogP contribution in [0.25, 0.3) is 0 Å². The molecule has 5 nitrogen and oxygen atoms in total. The van der Waals surface area contributed by atoms with Crippen LogP contribution >= 0.6 is 0 Å². The van der Waals surface area contributed by atoms with Crippen molar-refractivity contribution in [3.63, 3.8) is 0 Å². The van der Waals surface area contributed by atoms with Crippen molar-refractivity contribution in [1.29, 1.82) is 5.26 Å². The van der Waals surface area contributed by atoms with Gasteiger partial charge in [0.2, 0.25) is 5.91 Å². The highest BCUT2D eigenvalue weighted by Gasteiger charge is 2.26. The first-order chi connectivity index (χ1) is 9.31. The van der Waals surface area contributed by atoms with Crippen LogP contribution in [0, 0.1) is 17.2 Å². The third-order valence-corrected chi connectivity index (χ3v) is 3.31. The number of amides is 1. The van der Waals surface area contributed by atoms with Gasteiger partial charge < -0.3 is 10.2 Å². The molecule has 1 aromatic rings. The second kappa shape index (κ2) is 6.86. The van der Waals surface area contributed by atoms with Gasteiger partial charge in [-0.2, -0.15) is 5.26 Å². The van der Waals surface area contributed by atoms with Crippen molar-refractivity contribution < 1.29 is 4.79 Å². The van der Waals surface area contributed by atoms with Gasteiger partial charge in [-0.05, 0) is 24.6 Å². The number of carbonyl (C=O) groups excluding carboxylic acids is 1. The lowest BCUT2D eigenvalue weighted by Gasteiger charge is -2.24. The first-order valence-corrected chi connectivity index (χ1v) is 6.56. The zero-order valence-electron chi connectivity index (χ0n) is 10.9. The van der Waals surface area contributed by atoms with Gasteiger partial charge in [-0.3, -0.25) is 9.78 Å². The molecule has 1 aromatic heterocycles. The molecule has 2 rings (SSSR count). The monoisotopic (exact) mass is 258 g/mol. The molecular formula is C14H18N4O. The van der Waals surface area contributed by atoms with Gasteiger partial charge in [-0.25, -0.2) is 0 Å². The maximum atomic E-state index is 12.4. The minimum atomic E-state index is 0.0513. The molecular weight excluding hydrogens is 240 g/mol. The number of nitrogens with zero attached hydrogens (tertiary/aromatic N) is 3. The van der Waals surface area contributed by atoms with Gasteiger partial charge in [-0.15, -0.1) is 0 Å². The zero-order chi connectivity index (χ0) is 13.5. The second-order valence-corrected chi connectivity index (χ2v) is 4.72. The molecule has 19 heavy (non-hydrogen) atoms. The number of hydrogen-bond donors (Lipinski definition) is 1. The molecule has 1 saturated heterocycles. The first kappa shape index (κ1) is 13.5. The number of carbonyl (C=O) groups is 1. The van der Waals surface area contributed by atoms with E-state index in [1.165, 1.54) is 0 Å². The van der Waals surface area contributed by atoms with Crippen molar-refractivity contribution in [1.82, 2.24) is 15.2 Å². The minimum Gasteiger partial charge on any atom is -0.337 e. The van der Waals surface area contributed by atoms with E-state index >= 15 is 0 Å². The van der Waals surface area contributed by atoms with Gasteiger partial charge in [0.05, 0.1) is 18.4 Å². The fourth-order valence-corrected chi connectivity index (χ4v) is 2.29. The average Bonchev–Trinajstić information content (AvgIpc) is 2.98. The Kier molecular flexibility index (Phi) is 4.87. The summed E-state index contributed by atoms with van der Waals surface area (Å²) in [6.45, 7) is 2.66. The highest BCUT2D eigenvalue weighted by molar-refractivity contribution is 5.79. The minimum absolute atomic E-state index is 0.0513. The molecule has 5 heteroatoms. The summed E-state index contributed by atoms with van der Waals surface area (Å²) in [4.78, 5) is 18.2. The number of hydrogen-bond acceptors (Lipinski definition) is 4. The number of rotatable bonds is 5. The molecule has 1 N–H and O–H groups in total. The van der Waals surface area contributed by atoms with E-state index in [1.54, 1.807) is 17.3 Å². The predicted molar refractivity (Wildman–Crippen MR) is 70.9 cm³/mol. The molecule has 0 radical (unpaired) electrons. The van der Waals surface area contributed by atoms with Crippen LogP contribution in [0.4, 0.5) is 0 Å². The van der Waals surface area contributed by atoms with Crippen LogP contribution in [0.3, 0.4) is 0 Å². The van der Waals surface area contributed by atoms with Crippen LogP contribution in [0.2, 0.25) is 0 Å². The highest BCUT2D eigenvalue weighted by Crippen LogP contribution is 2.14. The molecule has 1 aliphatic rings. The Morgan fingerprint density at radius 3 is 3.16 bits per heavy atom. The zero-order valence-corrected chi connectivity index (χ0v) is 10.9. The molecule has 0 aromatic carbocycles. The molecule has 1 unspecified atom stereocenters. The predicted octanol–water partition coefficient (Wildman–Crippen LogP) is 0.933. The third kappa shape index (κ3) is 3.76. The summed E-state index contributed by atoms with van der Waals surface area (Å²) < 4.78 is 0. The van der Waals surface area contributed by atoms with E-state index in [0.717, 1.165) is 25.1 Å². The summed E-state index contributed by atoms with van der Waals surface area (Å²) in [6, 6.07) is 5.92. The highest BCUT2D eigenvalue weighted by atomic mass is 16.2. The standard InChI is InChI=1S/C14H18N4O/c15-5-2-8-18(11-12-3-1-6-16-9-12)14(19)13-4-7-17-10-13/h1,3,6,9,13,17H,2,4,7-8,10-11H2. The maximum absolute atomic E-state index is 12.4. The van der Waals surface area contributed by atoms with Crippen LogP contribution in [0.5, 0.6) is 0 Å². The van der Waals surface area contributed by atoms with Crippen molar-refractivity contribution in [2.45, 2.75) is 19.4 Å². The first-order valence-electron chi connectivity index (χ1n) is 6.56. The lowest BCUT2D eigenvalue weighted by atomic mass is 10.1. The summed E-state index contributed by atoms with van der Waals surface area (Å²) in [7, 11) is 0. The van der Waals surface area contributed by atoms with Gasteiger partial charge in [0, 0.05) is 32.0 Å². The fourth-order valence-electron chi connectivity index (χ4n) is 2.29. The molecule has 0 aliphatic carbocycles. The van der Waals surface area contributed by atoms with E-state index in [2.05, 4.69) is 16.4 Å². The molecule has 2 heterocycles. The molecule has 1 aliphatic heterocycles. The Bertz CT molecular complexity index is 448. The van der Waals surface area contributed by atoms with Gasteiger partial charge in [-0.1, -0.05) is 6.07 Å². The van der Waals surface area contributed by atoms with E-state index < -0.39 is 0 Å². The van der Waals surface area contributed by atoms with E-state index in [0.29, 0.717) is 19.5 Å². The molecule has 0 saturated carbocycles. The average molecular weight is 258 g/mol. The van der Waals surface area contributed by atoms with E-state index in [9.17, 15) is 4.79 Å². The topological polar surface area (TPSA) is 69.0 Å². The molecule has 0 bridgehead atoms. The second-order valence-electron chi connectivity index (χ2n) is 4.72. The Morgan fingerprint density at radius 2 is 2.53 bits per heavy atom. The van der Waals surface area contributed by atoms with Gasteiger partial charge in [0.25, 0.3) is 0 Å². The van der Waals surface area contributed by atoms with Crippen molar-refractivity contribution in [3.8, 4) is 6.07 Å². The SMILES string of the molecule is N#CCCN(Cc1cccnc1)C(=O)C1CCNC1. The smallest absolute Gasteiger partial charge is 0.227 e. The van der Waals surface area contributed by atoms with Crippen LogP contribution in [-0.4, -0.2) is 35.4 Å². The Morgan fingerprint density at radius 1 is 1.63 bits per heavy atom. The van der Waals surface area contributed by atoms with Crippen molar-refractivity contribution >= 4 is 5.91 Å². The number of nitriles is 1. The van der Waals surface area contributed by atoms with Crippen LogP contribution in [0.15, 0.2) is 24.5 Å². The summed E-state index contributed by atoms with van der Waals surface area (Å²) in [5.74, 6) is 0.194. The van der Waals surface area contributed by atoms with E-state index in [1.807, 2.05) is 12.1 Å². The van der Waals surface area contributed by atoms with Crippen LogP contribution in [-0.2, 0) is 11.3 Å². The number of nitrogens with one attached hydrogen (secondary N) is 1. The molecule has 100 valence electrons. The summed E-state index contributed by atoms with van der Waals surface area (Å²) in [5, 5.41) is 11.9. The van der Waals surface area contributed by atoms with Crippen LogP contribution < -0.4 is 5.32 Å².